The predicted octanol–water partition coefficient (Wildman–Crippen LogP) is 2.79. The molecule has 1 aromatic carbocycles. The van der Waals surface area contributed by atoms with Crippen LogP contribution in [-0.2, 0) is 4.79 Å². The Bertz CT molecular complexity index is 536. The Labute approximate surface area is 140 Å². The zero-order chi connectivity index (χ0) is 14.7. The standard InChI is InChI=1S/C14H16BrIN2O2/c1-9(19)17-11-3-2-6-18(8-11)14(20)12-7-10(16)4-5-13(12)15/h4-5,7,11H,2-3,6,8H2,1H3,(H,17,19). The lowest BCUT2D eigenvalue weighted by Crippen LogP contribution is -2.49. The summed E-state index contributed by atoms with van der Waals surface area (Å²) in [5, 5.41) is 2.90. The van der Waals surface area contributed by atoms with Gasteiger partial charge in [0.15, 0.2) is 0 Å². The molecule has 1 fully saturated rings. The van der Waals surface area contributed by atoms with E-state index in [-0.39, 0.29) is 17.9 Å². The van der Waals surface area contributed by atoms with Crippen molar-refractivity contribution in [3.63, 3.8) is 0 Å². The number of piperidine rings is 1. The molecule has 2 amide bonds. The Morgan fingerprint density at radius 1 is 1.45 bits per heavy atom. The molecule has 4 nitrogen and oxygen atoms in total. The first-order chi connectivity index (χ1) is 9.47. The molecule has 20 heavy (non-hydrogen) atoms. The summed E-state index contributed by atoms with van der Waals surface area (Å²) in [4.78, 5) is 25.5. The summed E-state index contributed by atoms with van der Waals surface area (Å²) < 4.78 is 1.84. The Balaban J connectivity index is 2.12. The molecule has 0 aliphatic carbocycles. The minimum atomic E-state index is -0.0419. The van der Waals surface area contributed by atoms with Crippen LogP contribution in [0.5, 0.6) is 0 Å². The topological polar surface area (TPSA) is 49.4 Å². The SMILES string of the molecule is CC(=O)NC1CCCN(C(=O)c2cc(I)ccc2Br)C1. The number of hydrogen-bond donors (Lipinski definition) is 1. The van der Waals surface area contributed by atoms with Crippen molar-refractivity contribution >= 4 is 50.3 Å². The molecule has 1 aliphatic rings. The quantitative estimate of drug-likeness (QED) is 0.704. The maximum atomic E-state index is 12.6. The van der Waals surface area contributed by atoms with Crippen molar-refractivity contribution in [2.45, 2.75) is 25.8 Å². The first-order valence-electron chi connectivity index (χ1n) is 6.49. The molecule has 0 aromatic heterocycles. The summed E-state index contributed by atoms with van der Waals surface area (Å²) in [5.41, 5.74) is 0.681. The van der Waals surface area contributed by atoms with E-state index < -0.39 is 0 Å². The highest BCUT2D eigenvalue weighted by Gasteiger charge is 2.26. The molecule has 108 valence electrons. The fourth-order valence-electron chi connectivity index (χ4n) is 2.40. The third-order valence-corrected chi connectivity index (χ3v) is 4.64. The number of nitrogens with one attached hydrogen (secondary N) is 1. The monoisotopic (exact) mass is 450 g/mol. The lowest BCUT2D eigenvalue weighted by Gasteiger charge is -2.33. The van der Waals surface area contributed by atoms with Gasteiger partial charge >= 0.3 is 0 Å². The summed E-state index contributed by atoms with van der Waals surface area (Å²) in [7, 11) is 0. The number of carbonyl (C=O) groups is 2. The van der Waals surface area contributed by atoms with E-state index in [1.54, 1.807) is 0 Å². The molecule has 0 spiro atoms. The fraction of sp³-hybridized carbons (Fsp3) is 0.429. The van der Waals surface area contributed by atoms with Crippen LogP contribution in [0.25, 0.3) is 0 Å². The van der Waals surface area contributed by atoms with Crippen molar-refractivity contribution in [3.8, 4) is 0 Å². The summed E-state index contributed by atoms with van der Waals surface area (Å²) in [6.45, 7) is 2.83. The van der Waals surface area contributed by atoms with Crippen LogP contribution >= 0.6 is 38.5 Å². The Morgan fingerprint density at radius 2 is 2.20 bits per heavy atom. The van der Waals surface area contributed by atoms with Crippen LogP contribution in [0.3, 0.4) is 0 Å². The second-order valence-corrected chi connectivity index (χ2v) is 7.01. The third-order valence-electron chi connectivity index (χ3n) is 3.27. The van der Waals surface area contributed by atoms with Crippen LogP contribution in [0.15, 0.2) is 22.7 Å². The maximum absolute atomic E-state index is 12.6. The van der Waals surface area contributed by atoms with E-state index in [0.717, 1.165) is 27.4 Å². The molecule has 1 saturated heterocycles. The van der Waals surface area contributed by atoms with Gasteiger partial charge in [-0.05, 0) is 69.6 Å². The number of likely N-dealkylation sites (tertiary alicyclic amines) is 1. The molecule has 1 aliphatic heterocycles. The van der Waals surface area contributed by atoms with Crippen LogP contribution in [0.2, 0.25) is 0 Å². The van der Waals surface area contributed by atoms with Crippen molar-refractivity contribution in [2.24, 2.45) is 0 Å². The van der Waals surface area contributed by atoms with Crippen molar-refractivity contribution in [2.75, 3.05) is 13.1 Å². The second kappa shape index (κ2) is 6.89. The number of hydrogen-bond acceptors (Lipinski definition) is 2. The lowest BCUT2D eigenvalue weighted by molar-refractivity contribution is -0.120. The molecule has 1 atom stereocenters. The smallest absolute Gasteiger partial charge is 0.255 e. The Hall–Kier alpha value is -0.630. The average Bonchev–Trinajstić information content (AvgIpc) is 2.40. The third kappa shape index (κ3) is 3.94. The number of carbonyl (C=O) groups excluding carboxylic acids is 2. The highest BCUT2D eigenvalue weighted by atomic mass is 127. The maximum Gasteiger partial charge on any atom is 0.255 e. The van der Waals surface area contributed by atoms with Gasteiger partial charge in [0.2, 0.25) is 5.91 Å². The van der Waals surface area contributed by atoms with Gasteiger partial charge < -0.3 is 10.2 Å². The van der Waals surface area contributed by atoms with E-state index in [1.807, 2.05) is 23.1 Å². The van der Waals surface area contributed by atoms with Gasteiger partial charge in [0.1, 0.15) is 0 Å². The van der Waals surface area contributed by atoms with Crippen LogP contribution in [-0.4, -0.2) is 35.8 Å². The molecule has 2 rings (SSSR count). The molecule has 0 bridgehead atoms. The zero-order valence-corrected chi connectivity index (χ0v) is 14.9. The number of nitrogens with zero attached hydrogens (tertiary/aromatic N) is 1. The molecular formula is C14H16BrIN2O2. The first kappa shape index (κ1) is 15.8. The first-order valence-corrected chi connectivity index (χ1v) is 8.36. The highest BCUT2D eigenvalue weighted by molar-refractivity contribution is 14.1. The largest absolute Gasteiger partial charge is 0.352 e. The van der Waals surface area contributed by atoms with Crippen LogP contribution in [0.1, 0.15) is 30.1 Å². The summed E-state index contributed by atoms with van der Waals surface area (Å²) in [6.07, 6.45) is 1.84. The van der Waals surface area contributed by atoms with Gasteiger partial charge in [-0.15, -0.1) is 0 Å². The van der Waals surface area contributed by atoms with Crippen molar-refractivity contribution in [1.82, 2.24) is 10.2 Å². The van der Waals surface area contributed by atoms with Crippen molar-refractivity contribution < 1.29 is 9.59 Å². The molecule has 0 radical (unpaired) electrons. The van der Waals surface area contributed by atoms with E-state index in [0.29, 0.717) is 12.1 Å². The second-order valence-electron chi connectivity index (χ2n) is 4.92. The highest BCUT2D eigenvalue weighted by Crippen LogP contribution is 2.22. The minimum absolute atomic E-state index is 0.0189. The van der Waals surface area contributed by atoms with Crippen LogP contribution in [0, 0.1) is 3.57 Å². The lowest BCUT2D eigenvalue weighted by atomic mass is 10.0. The number of benzene rings is 1. The summed E-state index contributed by atoms with van der Waals surface area (Å²) in [6, 6.07) is 5.79. The van der Waals surface area contributed by atoms with Gasteiger partial charge in [-0.1, -0.05) is 0 Å². The zero-order valence-electron chi connectivity index (χ0n) is 11.2. The molecule has 1 heterocycles. The van der Waals surface area contributed by atoms with E-state index in [1.165, 1.54) is 6.92 Å². The van der Waals surface area contributed by atoms with E-state index in [9.17, 15) is 9.59 Å². The van der Waals surface area contributed by atoms with Gasteiger partial charge in [-0.25, -0.2) is 0 Å². The van der Waals surface area contributed by atoms with E-state index in [4.69, 9.17) is 0 Å². The van der Waals surface area contributed by atoms with Gasteiger partial charge in [-0.2, -0.15) is 0 Å². The fourth-order valence-corrected chi connectivity index (χ4v) is 3.31. The Kier molecular flexibility index (Phi) is 5.42. The van der Waals surface area contributed by atoms with Crippen LogP contribution in [0.4, 0.5) is 0 Å². The Morgan fingerprint density at radius 3 is 2.90 bits per heavy atom. The van der Waals surface area contributed by atoms with Gasteiger partial charge in [0.25, 0.3) is 5.91 Å². The van der Waals surface area contributed by atoms with E-state index >= 15 is 0 Å². The molecular weight excluding hydrogens is 435 g/mol. The van der Waals surface area contributed by atoms with Gasteiger partial charge in [-0.3, -0.25) is 9.59 Å². The van der Waals surface area contributed by atoms with Crippen molar-refractivity contribution in [3.05, 3.63) is 31.8 Å². The molecule has 6 heteroatoms. The minimum Gasteiger partial charge on any atom is -0.352 e. The number of amides is 2. The normalized spacial score (nSPS) is 18.8. The molecule has 1 aromatic rings. The molecule has 1 unspecified atom stereocenters. The van der Waals surface area contributed by atoms with Crippen molar-refractivity contribution in [1.29, 1.82) is 0 Å². The summed E-state index contributed by atoms with van der Waals surface area (Å²) in [5.74, 6) is -0.0230. The summed E-state index contributed by atoms with van der Waals surface area (Å²) >= 11 is 5.63. The number of rotatable bonds is 2. The number of halogens is 2. The average molecular weight is 451 g/mol. The van der Waals surface area contributed by atoms with Gasteiger partial charge in [0, 0.05) is 34.1 Å². The molecule has 0 saturated carbocycles. The predicted molar refractivity (Wildman–Crippen MR) is 89.6 cm³/mol. The van der Waals surface area contributed by atoms with Gasteiger partial charge in [0.05, 0.1) is 5.56 Å². The van der Waals surface area contributed by atoms with E-state index in [2.05, 4.69) is 43.8 Å². The van der Waals surface area contributed by atoms with Crippen LogP contribution < -0.4 is 5.32 Å². The molecule has 1 N–H and O–H groups in total.